The molecule has 0 bridgehead atoms. The molecule has 1 nitrogen and oxygen atoms in total. The van der Waals surface area contributed by atoms with Crippen LogP contribution in [0.5, 0.6) is 0 Å². The van der Waals surface area contributed by atoms with Crippen molar-refractivity contribution in [1.82, 2.24) is 0 Å². The van der Waals surface area contributed by atoms with E-state index < -0.39 is 11.6 Å². The third-order valence-corrected chi connectivity index (χ3v) is 2.61. The van der Waals surface area contributed by atoms with Crippen molar-refractivity contribution >= 4 is 31.9 Å². The van der Waals surface area contributed by atoms with E-state index in [1.165, 1.54) is 6.07 Å². The first-order valence-corrected chi connectivity index (χ1v) is 4.85. The number of benzene rings is 1. The zero-order valence-corrected chi connectivity index (χ0v) is 9.42. The van der Waals surface area contributed by atoms with E-state index in [1.807, 2.05) is 0 Å². The van der Waals surface area contributed by atoms with Crippen molar-refractivity contribution < 1.29 is 8.78 Å². The van der Waals surface area contributed by atoms with Gasteiger partial charge in [-0.3, -0.25) is 0 Å². The fourth-order valence-electron chi connectivity index (χ4n) is 0.857. The lowest BCUT2D eigenvalue weighted by Crippen LogP contribution is -1.96. The number of halogens is 4. The van der Waals surface area contributed by atoms with Gasteiger partial charge in [0.15, 0.2) is 0 Å². The molecule has 5 heteroatoms. The molecule has 0 N–H and O–H groups in total. The highest BCUT2D eigenvalue weighted by Crippen LogP contribution is 2.28. The fourth-order valence-corrected chi connectivity index (χ4v) is 2.10. The summed E-state index contributed by atoms with van der Waals surface area (Å²) in [6.07, 6.45) is -0.282. The largest absolute Gasteiger partial charge is 0.205 e. The molecule has 68 valence electrons. The normalized spacial score (nSPS) is 9.77. The van der Waals surface area contributed by atoms with Crippen molar-refractivity contribution in [2.24, 2.45) is 0 Å². The second-order valence-corrected chi connectivity index (χ2v) is 3.99. The molecule has 0 saturated carbocycles. The Bertz CT molecular complexity index is 358. The minimum atomic E-state index is -0.720. The number of rotatable bonds is 1. The van der Waals surface area contributed by atoms with E-state index in [0.717, 1.165) is 0 Å². The summed E-state index contributed by atoms with van der Waals surface area (Å²) in [6.45, 7) is 0. The molecule has 0 spiro atoms. The van der Waals surface area contributed by atoms with E-state index in [9.17, 15) is 8.78 Å². The average molecular weight is 311 g/mol. The minimum Gasteiger partial charge on any atom is -0.205 e. The van der Waals surface area contributed by atoms with E-state index in [2.05, 4.69) is 31.9 Å². The van der Waals surface area contributed by atoms with E-state index in [1.54, 1.807) is 6.07 Å². The highest BCUT2D eigenvalue weighted by atomic mass is 79.9. The Kier molecular flexibility index (Phi) is 3.40. The third kappa shape index (κ3) is 2.06. The first-order chi connectivity index (χ1) is 6.07. The molecule has 13 heavy (non-hydrogen) atoms. The van der Waals surface area contributed by atoms with Crippen LogP contribution >= 0.6 is 31.9 Å². The predicted molar refractivity (Wildman–Crippen MR) is 51.1 cm³/mol. The lowest BCUT2D eigenvalue weighted by atomic mass is 10.1. The number of hydrogen-bond acceptors (Lipinski definition) is 1. The van der Waals surface area contributed by atoms with E-state index >= 15 is 0 Å². The zero-order chi connectivity index (χ0) is 10.0. The van der Waals surface area contributed by atoms with E-state index in [0.29, 0.717) is 0 Å². The second-order valence-electron chi connectivity index (χ2n) is 2.28. The molecule has 0 radical (unpaired) electrons. The topological polar surface area (TPSA) is 23.8 Å². The highest BCUT2D eigenvalue weighted by Gasteiger charge is 2.15. The first kappa shape index (κ1) is 10.6. The summed E-state index contributed by atoms with van der Waals surface area (Å²) in [5.41, 5.74) is -0.219. The highest BCUT2D eigenvalue weighted by molar-refractivity contribution is 9.11. The van der Waals surface area contributed by atoms with Crippen LogP contribution in [-0.4, -0.2) is 0 Å². The molecule has 0 heterocycles. The lowest BCUT2D eigenvalue weighted by Gasteiger charge is -2.04. The second kappa shape index (κ2) is 4.16. The number of nitriles is 1. The summed E-state index contributed by atoms with van der Waals surface area (Å²) in [5.74, 6) is -1.44. The minimum absolute atomic E-state index is 0.144. The van der Waals surface area contributed by atoms with Crippen molar-refractivity contribution in [3.05, 3.63) is 32.2 Å². The monoisotopic (exact) mass is 309 g/mol. The number of hydrogen-bond donors (Lipinski definition) is 0. The van der Waals surface area contributed by atoms with Gasteiger partial charge in [-0.2, -0.15) is 5.26 Å². The van der Waals surface area contributed by atoms with Crippen LogP contribution in [0.1, 0.15) is 5.56 Å². The van der Waals surface area contributed by atoms with Crippen LogP contribution in [0.25, 0.3) is 0 Å². The molecule has 1 aromatic carbocycles. The molecule has 0 aromatic heterocycles. The van der Waals surface area contributed by atoms with Crippen LogP contribution in [0.4, 0.5) is 8.78 Å². The maximum absolute atomic E-state index is 13.2. The lowest BCUT2D eigenvalue weighted by molar-refractivity contribution is 0.554. The van der Waals surface area contributed by atoms with Gasteiger partial charge in [-0.15, -0.1) is 0 Å². The van der Waals surface area contributed by atoms with Crippen molar-refractivity contribution in [3.8, 4) is 6.07 Å². The third-order valence-electron chi connectivity index (χ3n) is 1.46. The maximum Gasteiger partial charge on any atom is 0.144 e. The van der Waals surface area contributed by atoms with Crippen molar-refractivity contribution in [2.45, 2.75) is 6.42 Å². The van der Waals surface area contributed by atoms with Crippen LogP contribution in [0, 0.1) is 23.0 Å². The molecule has 1 rings (SSSR count). The van der Waals surface area contributed by atoms with Crippen molar-refractivity contribution in [3.63, 3.8) is 0 Å². The molecule has 0 saturated heterocycles. The Balaban J connectivity index is 3.39. The van der Waals surface area contributed by atoms with Gasteiger partial charge in [0.1, 0.15) is 11.6 Å². The molecule has 0 fully saturated rings. The van der Waals surface area contributed by atoms with Crippen molar-refractivity contribution in [2.75, 3.05) is 0 Å². The molecule has 0 amide bonds. The van der Waals surface area contributed by atoms with Gasteiger partial charge in [-0.1, -0.05) is 0 Å². The summed E-state index contributed by atoms with van der Waals surface area (Å²) in [4.78, 5) is 0. The van der Waals surface area contributed by atoms with Crippen molar-refractivity contribution in [1.29, 1.82) is 5.26 Å². The van der Waals surface area contributed by atoms with Gasteiger partial charge in [0, 0.05) is 5.56 Å². The molecule has 0 aliphatic rings. The number of nitrogens with zero attached hydrogens (tertiary/aromatic N) is 1. The smallest absolute Gasteiger partial charge is 0.144 e. The van der Waals surface area contributed by atoms with Gasteiger partial charge >= 0.3 is 0 Å². The molecule has 0 aliphatic carbocycles. The Morgan fingerprint density at radius 1 is 1.23 bits per heavy atom. The van der Waals surface area contributed by atoms with Gasteiger partial charge in [-0.05, 0) is 37.9 Å². The molecule has 1 aromatic rings. The van der Waals surface area contributed by atoms with Gasteiger partial charge in [0.2, 0.25) is 0 Å². The van der Waals surface area contributed by atoms with Crippen LogP contribution in [-0.2, 0) is 6.42 Å². The van der Waals surface area contributed by atoms with Gasteiger partial charge in [0.05, 0.1) is 21.4 Å². The molecular formula is C8H3Br2F2N. The van der Waals surface area contributed by atoms with E-state index in [4.69, 9.17) is 5.26 Å². The molecule has 0 atom stereocenters. The standard InChI is InChI=1S/C8H3Br2F2N/c9-5-3-6(10)8(12)4(1-2-13)7(5)11/h3H,1H2. The average Bonchev–Trinajstić information content (AvgIpc) is 2.09. The predicted octanol–water partition coefficient (Wildman–Crippen LogP) is 3.56. The quantitative estimate of drug-likeness (QED) is 0.728. The van der Waals surface area contributed by atoms with E-state index in [-0.39, 0.29) is 20.9 Å². The Labute approximate surface area is 90.6 Å². The SMILES string of the molecule is N#CCc1c(F)c(Br)cc(Br)c1F. The van der Waals surface area contributed by atoms with Crippen LogP contribution < -0.4 is 0 Å². The maximum atomic E-state index is 13.2. The molecule has 0 aliphatic heterocycles. The summed E-state index contributed by atoms with van der Waals surface area (Å²) in [5, 5.41) is 8.34. The van der Waals surface area contributed by atoms with Gasteiger partial charge < -0.3 is 0 Å². The fraction of sp³-hybridized carbons (Fsp3) is 0.125. The Hall–Kier alpha value is -0.470. The van der Waals surface area contributed by atoms with Gasteiger partial charge in [0.25, 0.3) is 0 Å². The summed E-state index contributed by atoms with van der Waals surface area (Å²) < 4.78 is 26.6. The van der Waals surface area contributed by atoms with Crippen LogP contribution in [0.2, 0.25) is 0 Å². The first-order valence-electron chi connectivity index (χ1n) is 3.26. The molecule has 0 unspecified atom stereocenters. The summed E-state index contributed by atoms with van der Waals surface area (Å²) in [6, 6.07) is 2.97. The van der Waals surface area contributed by atoms with Crippen LogP contribution in [0.3, 0.4) is 0 Å². The summed E-state index contributed by atoms with van der Waals surface area (Å²) in [7, 11) is 0. The molecular weight excluding hydrogens is 308 g/mol. The Morgan fingerprint density at radius 3 is 2.08 bits per heavy atom. The van der Waals surface area contributed by atoms with Crippen LogP contribution in [0.15, 0.2) is 15.0 Å². The van der Waals surface area contributed by atoms with Gasteiger partial charge in [-0.25, -0.2) is 8.78 Å². The zero-order valence-electron chi connectivity index (χ0n) is 6.24. The Morgan fingerprint density at radius 2 is 1.69 bits per heavy atom. The summed E-state index contributed by atoms with van der Waals surface area (Å²) >= 11 is 5.84.